The summed E-state index contributed by atoms with van der Waals surface area (Å²) in [5, 5.41) is 3.18. The summed E-state index contributed by atoms with van der Waals surface area (Å²) in [6.45, 7) is 5.54. The molecule has 0 saturated carbocycles. The number of H-pyrrole nitrogens is 1. The molecule has 1 aliphatic heterocycles. The summed E-state index contributed by atoms with van der Waals surface area (Å²) in [5.74, 6) is 2.47. The van der Waals surface area contributed by atoms with Crippen molar-refractivity contribution in [3.8, 4) is 11.5 Å². The average molecular weight is 393 g/mol. The maximum Gasteiger partial charge on any atom is 0.225 e. The van der Waals surface area contributed by atoms with E-state index in [9.17, 15) is 4.79 Å². The van der Waals surface area contributed by atoms with E-state index in [4.69, 9.17) is 14.5 Å². The molecule has 2 aromatic carbocycles. The highest BCUT2D eigenvalue weighted by atomic mass is 16.5. The van der Waals surface area contributed by atoms with Gasteiger partial charge in [0.2, 0.25) is 5.91 Å². The molecule has 2 N–H and O–H groups in total. The van der Waals surface area contributed by atoms with Crippen LogP contribution in [0.2, 0.25) is 0 Å². The summed E-state index contributed by atoms with van der Waals surface area (Å²) in [5.41, 5.74) is 2.79. The minimum Gasteiger partial charge on any atom is -0.490 e. The summed E-state index contributed by atoms with van der Waals surface area (Å²) >= 11 is 0. The smallest absolute Gasteiger partial charge is 0.225 e. The van der Waals surface area contributed by atoms with Crippen LogP contribution in [-0.2, 0) is 11.2 Å². The number of amides is 1. The third-order valence-corrected chi connectivity index (χ3v) is 5.41. The Balaban J connectivity index is 1.50. The minimum absolute atomic E-state index is 0.0368. The van der Waals surface area contributed by atoms with Crippen LogP contribution in [0.25, 0.3) is 11.0 Å². The minimum atomic E-state index is -0.166. The van der Waals surface area contributed by atoms with Gasteiger partial charge in [0.15, 0.2) is 11.5 Å². The molecule has 0 saturated heterocycles. The molecule has 0 fully saturated rings. The maximum atomic E-state index is 12.8. The van der Waals surface area contributed by atoms with E-state index in [-0.39, 0.29) is 24.3 Å². The van der Waals surface area contributed by atoms with E-state index in [0.717, 1.165) is 41.0 Å². The fourth-order valence-electron chi connectivity index (χ4n) is 3.56. The summed E-state index contributed by atoms with van der Waals surface area (Å²) in [6.07, 6.45) is 2.08. The van der Waals surface area contributed by atoms with Gasteiger partial charge in [0, 0.05) is 6.42 Å². The number of hydrogen-bond donors (Lipinski definition) is 2. The number of ether oxygens (including phenoxy) is 2. The lowest BCUT2D eigenvalue weighted by Gasteiger charge is -2.22. The second-order valence-electron chi connectivity index (χ2n) is 7.58. The fourth-order valence-corrected chi connectivity index (χ4v) is 3.56. The number of carbonyl (C=O) groups is 1. The van der Waals surface area contributed by atoms with Crippen molar-refractivity contribution in [3.05, 3.63) is 53.9 Å². The zero-order valence-electron chi connectivity index (χ0n) is 16.9. The number of hydrogen-bond acceptors (Lipinski definition) is 4. The molecule has 1 amide bonds. The van der Waals surface area contributed by atoms with E-state index >= 15 is 0 Å². The van der Waals surface area contributed by atoms with Gasteiger partial charge in [0.25, 0.3) is 0 Å². The first-order valence-electron chi connectivity index (χ1n) is 10.3. The summed E-state index contributed by atoms with van der Waals surface area (Å²) in [6, 6.07) is 13.5. The standard InChI is InChI=1S/C23H27N3O3/c1-3-15(2)22(23-24-17-7-4-5-8-18(17)25-23)26-21(27)14-16-9-10-19-20(13-16)29-12-6-11-28-19/h4-5,7-10,13,15,22H,3,6,11-12,14H2,1-2H3,(H,24,25)(H,26,27)/t15-,22-/m1/s1. The predicted molar refractivity (Wildman–Crippen MR) is 112 cm³/mol. The van der Waals surface area contributed by atoms with Gasteiger partial charge in [-0.15, -0.1) is 0 Å². The van der Waals surface area contributed by atoms with Crippen molar-refractivity contribution in [2.75, 3.05) is 13.2 Å². The molecule has 0 bridgehead atoms. The molecular weight excluding hydrogens is 366 g/mol. The molecule has 1 aromatic heterocycles. The molecule has 6 nitrogen and oxygen atoms in total. The van der Waals surface area contributed by atoms with Gasteiger partial charge in [0.1, 0.15) is 5.82 Å². The number of rotatable bonds is 6. The molecule has 2 atom stereocenters. The topological polar surface area (TPSA) is 76.2 Å². The molecule has 152 valence electrons. The number of aromatic amines is 1. The van der Waals surface area contributed by atoms with Crippen molar-refractivity contribution in [1.82, 2.24) is 15.3 Å². The summed E-state index contributed by atoms with van der Waals surface area (Å²) in [4.78, 5) is 20.9. The average Bonchev–Trinajstić information content (AvgIpc) is 3.02. The highest BCUT2D eigenvalue weighted by Gasteiger charge is 2.24. The van der Waals surface area contributed by atoms with Crippen molar-refractivity contribution in [3.63, 3.8) is 0 Å². The van der Waals surface area contributed by atoms with Crippen LogP contribution in [0.5, 0.6) is 11.5 Å². The fraction of sp³-hybridized carbons (Fsp3) is 0.391. The molecule has 3 aromatic rings. The van der Waals surface area contributed by atoms with Crippen LogP contribution in [0.3, 0.4) is 0 Å². The molecule has 4 rings (SSSR count). The molecule has 6 heteroatoms. The number of fused-ring (bicyclic) bond motifs is 2. The number of para-hydroxylation sites is 2. The predicted octanol–water partition coefficient (Wildman–Crippen LogP) is 4.17. The maximum absolute atomic E-state index is 12.8. The molecule has 0 radical (unpaired) electrons. The first-order valence-corrected chi connectivity index (χ1v) is 10.3. The lowest BCUT2D eigenvalue weighted by atomic mass is 9.98. The molecular formula is C23H27N3O3. The van der Waals surface area contributed by atoms with Gasteiger partial charge in [-0.1, -0.05) is 38.5 Å². The Bertz CT molecular complexity index is 965. The van der Waals surface area contributed by atoms with Gasteiger partial charge in [-0.25, -0.2) is 4.98 Å². The Kier molecular flexibility index (Phi) is 5.69. The quantitative estimate of drug-likeness (QED) is 0.659. The second-order valence-corrected chi connectivity index (χ2v) is 7.58. The van der Waals surface area contributed by atoms with Gasteiger partial charge in [-0.2, -0.15) is 0 Å². The Morgan fingerprint density at radius 2 is 1.97 bits per heavy atom. The van der Waals surface area contributed by atoms with Gasteiger partial charge >= 0.3 is 0 Å². The normalized spacial score (nSPS) is 15.5. The third kappa shape index (κ3) is 4.36. The van der Waals surface area contributed by atoms with Gasteiger partial charge in [-0.05, 0) is 35.7 Å². The Morgan fingerprint density at radius 1 is 1.17 bits per heavy atom. The van der Waals surface area contributed by atoms with Gasteiger partial charge in [0.05, 0.1) is 36.7 Å². The van der Waals surface area contributed by atoms with E-state index in [1.54, 1.807) is 0 Å². The van der Waals surface area contributed by atoms with E-state index in [2.05, 4.69) is 24.1 Å². The second kappa shape index (κ2) is 8.55. The van der Waals surface area contributed by atoms with Crippen molar-refractivity contribution in [2.24, 2.45) is 5.92 Å². The number of benzene rings is 2. The highest BCUT2D eigenvalue weighted by molar-refractivity contribution is 5.80. The van der Waals surface area contributed by atoms with Crippen LogP contribution in [0.1, 0.15) is 44.1 Å². The molecule has 0 spiro atoms. The molecule has 1 aliphatic rings. The first-order chi connectivity index (χ1) is 14.1. The number of nitrogens with zero attached hydrogens (tertiary/aromatic N) is 1. The Labute approximate surface area is 170 Å². The van der Waals surface area contributed by atoms with Crippen LogP contribution in [0.15, 0.2) is 42.5 Å². The summed E-state index contributed by atoms with van der Waals surface area (Å²) < 4.78 is 11.4. The van der Waals surface area contributed by atoms with Crippen LogP contribution >= 0.6 is 0 Å². The number of aromatic nitrogens is 2. The van der Waals surface area contributed by atoms with Crippen molar-refractivity contribution in [2.45, 2.75) is 39.2 Å². The first kappa shape index (κ1) is 19.3. The van der Waals surface area contributed by atoms with Crippen LogP contribution in [0.4, 0.5) is 0 Å². The number of imidazole rings is 1. The SMILES string of the molecule is CC[C@@H](C)[C@@H](NC(=O)Cc1ccc2c(c1)OCCCO2)c1nc2ccccc2[nH]1. The largest absolute Gasteiger partial charge is 0.490 e. The molecule has 29 heavy (non-hydrogen) atoms. The van der Waals surface area contributed by atoms with Crippen molar-refractivity contribution in [1.29, 1.82) is 0 Å². The van der Waals surface area contributed by atoms with Crippen molar-refractivity contribution >= 4 is 16.9 Å². The third-order valence-electron chi connectivity index (χ3n) is 5.41. The van der Waals surface area contributed by atoms with Crippen LogP contribution in [-0.4, -0.2) is 29.1 Å². The number of carbonyl (C=O) groups excluding carboxylic acids is 1. The van der Waals surface area contributed by atoms with Crippen LogP contribution < -0.4 is 14.8 Å². The molecule has 2 heterocycles. The zero-order chi connectivity index (χ0) is 20.2. The van der Waals surface area contributed by atoms with E-state index in [1.165, 1.54) is 0 Å². The van der Waals surface area contributed by atoms with Crippen LogP contribution in [0, 0.1) is 5.92 Å². The van der Waals surface area contributed by atoms with E-state index in [0.29, 0.717) is 19.0 Å². The molecule has 0 unspecified atom stereocenters. The van der Waals surface area contributed by atoms with Crippen molar-refractivity contribution < 1.29 is 14.3 Å². The van der Waals surface area contributed by atoms with E-state index < -0.39 is 0 Å². The summed E-state index contributed by atoms with van der Waals surface area (Å²) in [7, 11) is 0. The Morgan fingerprint density at radius 3 is 2.76 bits per heavy atom. The zero-order valence-corrected chi connectivity index (χ0v) is 16.9. The lowest BCUT2D eigenvalue weighted by molar-refractivity contribution is -0.121. The monoisotopic (exact) mass is 393 g/mol. The lowest BCUT2D eigenvalue weighted by Crippen LogP contribution is -2.34. The van der Waals surface area contributed by atoms with E-state index in [1.807, 2.05) is 42.5 Å². The number of nitrogens with one attached hydrogen (secondary N) is 2. The van der Waals surface area contributed by atoms with Gasteiger partial charge in [-0.3, -0.25) is 4.79 Å². The molecule has 0 aliphatic carbocycles. The van der Waals surface area contributed by atoms with Gasteiger partial charge < -0.3 is 19.8 Å². The Hall–Kier alpha value is -3.02. The highest BCUT2D eigenvalue weighted by Crippen LogP contribution is 2.31.